The molecule has 4 aromatic rings. The minimum absolute atomic E-state index is 0.0238. The van der Waals surface area contributed by atoms with Crippen molar-refractivity contribution in [2.75, 3.05) is 5.73 Å². The van der Waals surface area contributed by atoms with Gasteiger partial charge in [0, 0.05) is 29.2 Å². The molecule has 5 N–H and O–H groups in total. The second kappa shape index (κ2) is 8.38. The molecule has 0 saturated heterocycles. The maximum absolute atomic E-state index is 12.7. The summed E-state index contributed by atoms with van der Waals surface area (Å²) in [6, 6.07) is 10.7. The lowest BCUT2D eigenvalue weighted by Gasteiger charge is -2.14. The Labute approximate surface area is 186 Å². The van der Waals surface area contributed by atoms with Crippen molar-refractivity contribution in [3.63, 3.8) is 0 Å². The first-order valence-electron chi connectivity index (χ1n) is 9.90. The number of nitrogens with zero attached hydrogens (tertiary/aromatic N) is 2. The van der Waals surface area contributed by atoms with E-state index in [9.17, 15) is 18.0 Å². The molecule has 1 atom stereocenters. The topological polar surface area (TPSA) is 121 Å². The number of halogens is 3. The second-order valence-electron chi connectivity index (χ2n) is 7.47. The number of carbonyl (C=O) groups excluding carboxylic acids is 1. The van der Waals surface area contributed by atoms with E-state index in [0.717, 1.165) is 12.1 Å². The largest absolute Gasteiger partial charge is 0.416 e. The molecule has 1 amide bonds. The van der Waals surface area contributed by atoms with Crippen molar-refractivity contribution in [2.24, 2.45) is 0 Å². The molecule has 0 spiro atoms. The summed E-state index contributed by atoms with van der Waals surface area (Å²) in [6.07, 6.45) is -1.27. The summed E-state index contributed by atoms with van der Waals surface area (Å²) in [5.41, 5.74) is 8.49. The molecule has 10 heteroatoms. The number of rotatable bonds is 5. The summed E-state index contributed by atoms with van der Waals surface area (Å²) in [6.45, 7) is 1.66. The minimum atomic E-state index is -4.42. The lowest BCUT2D eigenvalue weighted by atomic mass is 10.0. The lowest BCUT2D eigenvalue weighted by Crippen LogP contribution is -2.27. The van der Waals surface area contributed by atoms with Gasteiger partial charge < -0.3 is 16.0 Å². The Morgan fingerprint density at radius 3 is 2.42 bits per heavy atom. The summed E-state index contributed by atoms with van der Waals surface area (Å²) in [5, 5.41) is 11.1. The summed E-state index contributed by atoms with van der Waals surface area (Å²) in [4.78, 5) is 23.8. The number of nitrogens with one attached hydrogen (secondary N) is 3. The Kier molecular flexibility index (Phi) is 5.59. The van der Waals surface area contributed by atoms with Crippen LogP contribution in [0, 0.1) is 5.41 Å². The molecular formula is C23H19F3N6O. The standard InChI is InChI=1S/C23H19F3N6O/c1-12(13-2-4-15(5-3-13)23(24,25)26)30-22(33)21-31-18-10-16(17(27)11-19(18)32-21)20(28)14-6-8-29-9-7-14/h2-12,28H,27H2,1H3,(H,30,33)(H,31,32). The number of nitrogen functional groups attached to an aromatic ring is 1. The first kappa shape index (κ1) is 22.0. The van der Waals surface area contributed by atoms with E-state index in [2.05, 4.69) is 20.3 Å². The summed E-state index contributed by atoms with van der Waals surface area (Å²) < 4.78 is 38.2. The fraction of sp³-hybridized carbons (Fsp3) is 0.130. The molecule has 33 heavy (non-hydrogen) atoms. The molecule has 0 aliphatic carbocycles. The molecule has 7 nitrogen and oxygen atoms in total. The van der Waals surface area contributed by atoms with Crippen molar-refractivity contribution in [2.45, 2.75) is 19.1 Å². The molecule has 0 aliphatic heterocycles. The molecule has 0 radical (unpaired) electrons. The number of alkyl halides is 3. The van der Waals surface area contributed by atoms with Crippen LogP contribution in [0.4, 0.5) is 18.9 Å². The van der Waals surface area contributed by atoms with Gasteiger partial charge in [0.05, 0.1) is 28.4 Å². The van der Waals surface area contributed by atoms with Gasteiger partial charge in [-0.05, 0) is 48.9 Å². The summed E-state index contributed by atoms with van der Waals surface area (Å²) in [5.74, 6) is -0.501. The quantitative estimate of drug-likeness (QED) is 0.264. The number of hydrogen-bond acceptors (Lipinski definition) is 5. The fourth-order valence-electron chi connectivity index (χ4n) is 3.38. The van der Waals surface area contributed by atoms with Crippen molar-refractivity contribution < 1.29 is 18.0 Å². The van der Waals surface area contributed by atoms with Gasteiger partial charge in [0.15, 0.2) is 5.82 Å². The zero-order chi connectivity index (χ0) is 23.8. The van der Waals surface area contributed by atoms with Crippen molar-refractivity contribution in [3.05, 3.63) is 89.0 Å². The predicted octanol–water partition coefficient (Wildman–Crippen LogP) is 4.47. The van der Waals surface area contributed by atoms with Crippen LogP contribution in [-0.2, 0) is 6.18 Å². The first-order valence-corrected chi connectivity index (χ1v) is 9.90. The van der Waals surface area contributed by atoms with Gasteiger partial charge >= 0.3 is 6.18 Å². The number of aromatic amines is 1. The van der Waals surface area contributed by atoms with Gasteiger partial charge in [0.2, 0.25) is 0 Å². The third kappa shape index (κ3) is 4.54. The first-order chi connectivity index (χ1) is 15.6. The number of anilines is 1. The molecule has 0 saturated carbocycles. The number of H-pyrrole nitrogens is 1. The normalized spacial score (nSPS) is 12.5. The van der Waals surface area contributed by atoms with Crippen LogP contribution in [0.3, 0.4) is 0 Å². The fourth-order valence-corrected chi connectivity index (χ4v) is 3.38. The van der Waals surface area contributed by atoms with Crippen LogP contribution < -0.4 is 11.1 Å². The lowest BCUT2D eigenvalue weighted by molar-refractivity contribution is -0.137. The molecule has 4 rings (SSSR count). The number of fused-ring (bicyclic) bond motifs is 1. The van der Waals surface area contributed by atoms with Crippen LogP contribution in [0.2, 0.25) is 0 Å². The average Bonchev–Trinajstić information content (AvgIpc) is 3.21. The minimum Gasteiger partial charge on any atom is -0.398 e. The maximum atomic E-state index is 12.7. The van der Waals surface area contributed by atoms with Gasteiger partial charge in [-0.1, -0.05) is 12.1 Å². The molecule has 2 aromatic carbocycles. The van der Waals surface area contributed by atoms with E-state index in [-0.39, 0.29) is 11.5 Å². The maximum Gasteiger partial charge on any atom is 0.416 e. The zero-order valence-corrected chi connectivity index (χ0v) is 17.4. The highest BCUT2D eigenvalue weighted by atomic mass is 19.4. The molecule has 0 bridgehead atoms. The van der Waals surface area contributed by atoms with Crippen LogP contribution in [0.25, 0.3) is 11.0 Å². The van der Waals surface area contributed by atoms with E-state index >= 15 is 0 Å². The van der Waals surface area contributed by atoms with Crippen LogP contribution >= 0.6 is 0 Å². The average molecular weight is 452 g/mol. The molecule has 0 fully saturated rings. The SMILES string of the molecule is CC(NC(=O)c1nc2cc(C(=N)c3ccncc3)c(N)cc2[nH]1)c1ccc(C(F)(F)F)cc1. The Bertz CT molecular complexity index is 1330. The monoisotopic (exact) mass is 452 g/mol. The van der Waals surface area contributed by atoms with E-state index in [1.165, 1.54) is 12.1 Å². The van der Waals surface area contributed by atoms with E-state index < -0.39 is 23.7 Å². The van der Waals surface area contributed by atoms with Crippen LogP contribution in [0.1, 0.15) is 45.8 Å². The Hall–Kier alpha value is -4.21. The molecule has 168 valence electrons. The van der Waals surface area contributed by atoms with E-state index in [1.807, 2.05) is 0 Å². The third-order valence-corrected chi connectivity index (χ3v) is 5.19. The zero-order valence-electron chi connectivity index (χ0n) is 17.4. The van der Waals surface area contributed by atoms with E-state index in [4.69, 9.17) is 11.1 Å². The van der Waals surface area contributed by atoms with Crippen LogP contribution in [0.15, 0.2) is 60.9 Å². The number of aromatic nitrogens is 3. The summed E-state index contributed by atoms with van der Waals surface area (Å²) in [7, 11) is 0. The van der Waals surface area contributed by atoms with Gasteiger partial charge in [-0.2, -0.15) is 13.2 Å². The molecule has 1 unspecified atom stereocenters. The van der Waals surface area contributed by atoms with Crippen molar-refractivity contribution >= 4 is 28.3 Å². The molecule has 2 heterocycles. The second-order valence-corrected chi connectivity index (χ2v) is 7.47. The Morgan fingerprint density at radius 1 is 1.12 bits per heavy atom. The van der Waals surface area contributed by atoms with E-state index in [1.54, 1.807) is 43.6 Å². The number of hydrogen-bond donors (Lipinski definition) is 4. The number of amides is 1. The highest BCUT2D eigenvalue weighted by molar-refractivity contribution is 6.15. The molecule has 2 aromatic heterocycles. The number of carbonyl (C=O) groups is 1. The molecular weight excluding hydrogens is 433 g/mol. The third-order valence-electron chi connectivity index (χ3n) is 5.19. The Morgan fingerprint density at radius 2 is 1.79 bits per heavy atom. The van der Waals surface area contributed by atoms with Crippen molar-refractivity contribution in [3.8, 4) is 0 Å². The highest BCUT2D eigenvalue weighted by Crippen LogP contribution is 2.30. The van der Waals surface area contributed by atoms with Gasteiger partial charge in [-0.15, -0.1) is 0 Å². The van der Waals surface area contributed by atoms with Crippen molar-refractivity contribution in [1.29, 1.82) is 5.41 Å². The van der Waals surface area contributed by atoms with Gasteiger partial charge in [0.25, 0.3) is 5.91 Å². The number of pyridine rings is 1. The predicted molar refractivity (Wildman–Crippen MR) is 118 cm³/mol. The van der Waals surface area contributed by atoms with Crippen LogP contribution in [0.5, 0.6) is 0 Å². The Balaban J connectivity index is 1.54. The van der Waals surface area contributed by atoms with E-state index in [0.29, 0.717) is 33.4 Å². The molecule has 0 aliphatic rings. The van der Waals surface area contributed by atoms with Gasteiger partial charge in [-0.25, -0.2) is 4.98 Å². The number of imidazole rings is 1. The highest BCUT2D eigenvalue weighted by Gasteiger charge is 2.30. The van der Waals surface area contributed by atoms with Crippen LogP contribution in [-0.4, -0.2) is 26.6 Å². The summed E-state index contributed by atoms with van der Waals surface area (Å²) >= 11 is 0. The van der Waals surface area contributed by atoms with Gasteiger partial charge in [-0.3, -0.25) is 15.2 Å². The number of nitrogens with two attached hydrogens (primary N) is 1. The smallest absolute Gasteiger partial charge is 0.398 e. The van der Waals surface area contributed by atoms with Crippen molar-refractivity contribution in [1.82, 2.24) is 20.3 Å². The van der Waals surface area contributed by atoms with Gasteiger partial charge in [0.1, 0.15) is 0 Å². The number of benzene rings is 2.